The lowest BCUT2D eigenvalue weighted by molar-refractivity contribution is -0.384. The van der Waals surface area contributed by atoms with Crippen molar-refractivity contribution in [2.24, 2.45) is 0 Å². The number of thiazole rings is 1. The van der Waals surface area contributed by atoms with E-state index in [4.69, 9.17) is 0 Å². The Balaban J connectivity index is 1.90. The van der Waals surface area contributed by atoms with Crippen LogP contribution >= 0.6 is 11.3 Å². The summed E-state index contributed by atoms with van der Waals surface area (Å²) in [6.07, 6.45) is 3.44. The molecule has 25 heavy (non-hydrogen) atoms. The van der Waals surface area contributed by atoms with E-state index >= 15 is 0 Å². The molecule has 3 rings (SSSR count). The van der Waals surface area contributed by atoms with Crippen LogP contribution in [0.25, 0.3) is 23.4 Å². The van der Waals surface area contributed by atoms with Crippen molar-refractivity contribution in [2.75, 3.05) is 0 Å². The molecule has 0 atom stereocenters. The number of benzene rings is 2. The molecule has 0 fully saturated rings. The first-order valence-corrected chi connectivity index (χ1v) is 8.08. The molecule has 0 unspecified atom stereocenters. The number of nitro benzene ring substituents is 1. The van der Waals surface area contributed by atoms with Gasteiger partial charge in [-0.15, -0.1) is 11.3 Å². The standard InChI is InChI=1S/C18H12N2O4S/c21-18(22)17-16(13-4-2-1-3-5-13)19-15(25-17)11-8-12-6-9-14(10-7-12)20(23)24/h1-11H,(H,21,22)/b11-8+. The Labute approximate surface area is 146 Å². The topological polar surface area (TPSA) is 93.3 Å². The van der Waals surface area contributed by atoms with E-state index in [9.17, 15) is 20.0 Å². The fourth-order valence-corrected chi connectivity index (χ4v) is 3.05. The van der Waals surface area contributed by atoms with Crippen LogP contribution in [0.2, 0.25) is 0 Å². The van der Waals surface area contributed by atoms with Crippen molar-refractivity contribution < 1.29 is 14.8 Å². The van der Waals surface area contributed by atoms with E-state index in [1.165, 1.54) is 12.1 Å². The number of non-ortho nitro benzene ring substituents is 1. The van der Waals surface area contributed by atoms with Gasteiger partial charge in [-0.1, -0.05) is 36.4 Å². The number of carboxylic acid groups (broad SMARTS) is 1. The molecular weight excluding hydrogens is 340 g/mol. The minimum Gasteiger partial charge on any atom is -0.477 e. The Kier molecular flexibility index (Phi) is 4.67. The minimum absolute atomic E-state index is 0.0194. The van der Waals surface area contributed by atoms with Gasteiger partial charge in [-0.2, -0.15) is 0 Å². The normalized spacial score (nSPS) is 10.9. The highest BCUT2D eigenvalue weighted by molar-refractivity contribution is 7.15. The number of aromatic nitrogens is 1. The van der Waals surface area contributed by atoms with Crippen molar-refractivity contribution in [3.05, 3.63) is 80.2 Å². The van der Waals surface area contributed by atoms with E-state index in [0.29, 0.717) is 10.7 Å². The summed E-state index contributed by atoms with van der Waals surface area (Å²) >= 11 is 1.08. The van der Waals surface area contributed by atoms with Crippen LogP contribution in [0.5, 0.6) is 0 Å². The third-order valence-corrected chi connectivity index (χ3v) is 4.42. The first kappa shape index (κ1) is 16.5. The average molecular weight is 352 g/mol. The van der Waals surface area contributed by atoms with Gasteiger partial charge >= 0.3 is 5.97 Å². The Bertz CT molecular complexity index is 947. The van der Waals surface area contributed by atoms with Gasteiger partial charge in [0.1, 0.15) is 9.88 Å². The third-order valence-electron chi connectivity index (χ3n) is 3.41. The second-order valence-electron chi connectivity index (χ2n) is 5.08. The monoisotopic (exact) mass is 352 g/mol. The molecular formula is C18H12N2O4S. The van der Waals surface area contributed by atoms with Gasteiger partial charge in [0.05, 0.1) is 10.6 Å². The molecule has 0 aliphatic rings. The van der Waals surface area contributed by atoms with Gasteiger partial charge in [0.2, 0.25) is 0 Å². The van der Waals surface area contributed by atoms with Crippen molar-refractivity contribution in [3.63, 3.8) is 0 Å². The highest BCUT2D eigenvalue weighted by Gasteiger charge is 2.17. The number of rotatable bonds is 5. The second-order valence-corrected chi connectivity index (χ2v) is 6.11. The van der Waals surface area contributed by atoms with E-state index in [2.05, 4.69) is 4.98 Å². The van der Waals surface area contributed by atoms with Gasteiger partial charge < -0.3 is 5.11 Å². The third kappa shape index (κ3) is 3.78. The number of nitrogens with zero attached hydrogens (tertiary/aromatic N) is 2. The smallest absolute Gasteiger partial charge is 0.348 e. The zero-order valence-electron chi connectivity index (χ0n) is 12.8. The van der Waals surface area contributed by atoms with Crippen molar-refractivity contribution in [3.8, 4) is 11.3 Å². The average Bonchev–Trinajstić information content (AvgIpc) is 3.06. The fourth-order valence-electron chi connectivity index (χ4n) is 2.22. The first-order valence-electron chi connectivity index (χ1n) is 7.26. The molecule has 6 nitrogen and oxygen atoms in total. The predicted molar refractivity (Wildman–Crippen MR) is 96.5 cm³/mol. The lowest BCUT2D eigenvalue weighted by Gasteiger charge is -1.97. The highest BCUT2D eigenvalue weighted by atomic mass is 32.1. The SMILES string of the molecule is O=C(O)c1sc(/C=C/c2ccc([N+](=O)[O-])cc2)nc1-c1ccccc1. The van der Waals surface area contributed by atoms with Crippen LogP contribution in [0.1, 0.15) is 20.2 Å². The molecule has 2 aromatic carbocycles. The zero-order chi connectivity index (χ0) is 17.8. The molecule has 0 aliphatic heterocycles. The molecule has 3 aromatic rings. The number of aromatic carboxylic acids is 1. The summed E-state index contributed by atoms with van der Waals surface area (Å²) in [5, 5.41) is 20.6. The summed E-state index contributed by atoms with van der Waals surface area (Å²) < 4.78 is 0. The summed E-state index contributed by atoms with van der Waals surface area (Å²) in [7, 11) is 0. The van der Waals surface area contributed by atoms with Gasteiger partial charge in [0, 0.05) is 17.7 Å². The van der Waals surface area contributed by atoms with Crippen LogP contribution in [-0.2, 0) is 0 Å². The zero-order valence-corrected chi connectivity index (χ0v) is 13.6. The molecule has 1 heterocycles. The van der Waals surface area contributed by atoms with E-state index in [-0.39, 0.29) is 10.6 Å². The lowest BCUT2D eigenvalue weighted by atomic mass is 10.1. The molecule has 124 valence electrons. The molecule has 7 heteroatoms. The summed E-state index contributed by atoms with van der Waals surface area (Å²) in [5.74, 6) is -1.02. The Morgan fingerprint density at radius 3 is 2.36 bits per heavy atom. The maximum atomic E-state index is 11.5. The predicted octanol–water partition coefficient (Wildman–Crippen LogP) is 4.59. The van der Waals surface area contributed by atoms with Gasteiger partial charge in [-0.05, 0) is 23.8 Å². The quantitative estimate of drug-likeness (QED) is 0.535. The Hall–Kier alpha value is -3.32. The number of carbonyl (C=O) groups is 1. The van der Waals surface area contributed by atoms with Gasteiger partial charge in [-0.25, -0.2) is 9.78 Å². The second kappa shape index (κ2) is 7.06. The number of hydrogen-bond acceptors (Lipinski definition) is 5. The van der Waals surface area contributed by atoms with Crippen LogP contribution in [0.3, 0.4) is 0 Å². The molecule has 0 spiro atoms. The van der Waals surface area contributed by atoms with Gasteiger partial charge in [0.25, 0.3) is 5.69 Å². The molecule has 0 radical (unpaired) electrons. The molecule has 1 aromatic heterocycles. The van der Waals surface area contributed by atoms with E-state index in [1.807, 2.05) is 30.3 Å². The number of carboxylic acids is 1. The van der Waals surface area contributed by atoms with E-state index in [0.717, 1.165) is 22.5 Å². The number of hydrogen-bond donors (Lipinski definition) is 1. The van der Waals surface area contributed by atoms with Crippen LogP contribution in [-0.4, -0.2) is 21.0 Å². The van der Waals surface area contributed by atoms with Gasteiger partial charge in [0.15, 0.2) is 0 Å². The summed E-state index contributed by atoms with van der Waals surface area (Å²) in [4.78, 5) is 26.2. The van der Waals surface area contributed by atoms with E-state index in [1.54, 1.807) is 24.3 Å². The van der Waals surface area contributed by atoms with Crippen molar-refractivity contribution in [1.29, 1.82) is 0 Å². The molecule has 0 bridgehead atoms. The number of nitro groups is 1. The highest BCUT2D eigenvalue weighted by Crippen LogP contribution is 2.29. The van der Waals surface area contributed by atoms with Crippen LogP contribution in [0, 0.1) is 10.1 Å². The summed E-state index contributed by atoms with van der Waals surface area (Å²) in [6.45, 7) is 0. The maximum absolute atomic E-state index is 11.5. The largest absolute Gasteiger partial charge is 0.477 e. The molecule has 0 saturated heterocycles. The molecule has 1 N–H and O–H groups in total. The van der Waals surface area contributed by atoms with Crippen LogP contribution in [0.4, 0.5) is 5.69 Å². The van der Waals surface area contributed by atoms with Crippen molar-refractivity contribution in [1.82, 2.24) is 4.98 Å². The fraction of sp³-hybridized carbons (Fsp3) is 0. The minimum atomic E-state index is -1.02. The summed E-state index contributed by atoms with van der Waals surface area (Å²) in [6, 6.07) is 15.2. The van der Waals surface area contributed by atoms with Crippen LogP contribution < -0.4 is 0 Å². The van der Waals surface area contributed by atoms with Crippen LogP contribution in [0.15, 0.2) is 54.6 Å². The Morgan fingerprint density at radius 1 is 1.08 bits per heavy atom. The summed E-state index contributed by atoms with van der Waals surface area (Å²) in [5.41, 5.74) is 1.96. The Morgan fingerprint density at radius 2 is 1.76 bits per heavy atom. The first-order chi connectivity index (χ1) is 12.0. The van der Waals surface area contributed by atoms with E-state index < -0.39 is 10.9 Å². The lowest BCUT2D eigenvalue weighted by Crippen LogP contribution is -1.95. The molecule has 0 amide bonds. The maximum Gasteiger partial charge on any atom is 0.348 e. The van der Waals surface area contributed by atoms with Crippen molar-refractivity contribution in [2.45, 2.75) is 0 Å². The molecule has 0 saturated carbocycles. The molecule has 0 aliphatic carbocycles. The van der Waals surface area contributed by atoms with Gasteiger partial charge in [-0.3, -0.25) is 10.1 Å². The van der Waals surface area contributed by atoms with Crippen molar-refractivity contribution >= 4 is 35.1 Å².